The van der Waals surface area contributed by atoms with E-state index in [-0.39, 0.29) is 0 Å². The van der Waals surface area contributed by atoms with E-state index in [0.29, 0.717) is 11.9 Å². The molecule has 0 amide bonds. The van der Waals surface area contributed by atoms with Gasteiger partial charge in [0.2, 0.25) is 5.89 Å². The van der Waals surface area contributed by atoms with Gasteiger partial charge in [-0.25, -0.2) is 0 Å². The van der Waals surface area contributed by atoms with Crippen LogP contribution in [0.5, 0.6) is 0 Å². The van der Waals surface area contributed by atoms with Gasteiger partial charge in [0, 0.05) is 46.3 Å². The van der Waals surface area contributed by atoms with Crippen molar-refractivity contribution in [3.8, 4) is 0 Å². The molecule has 0 bridgehead atoms. The third-order valence-corrected chi connectivity index (χ3v) is 3.68. The number of rotatable bonds is 6. The molecule has 19 heavy (non-hydrogen) atoms. The Morgan fingerprint density at radius 2 is 2.26 bits per heavy atom. The summed E-state index contributed by atoms with van der Waals surface area (Å²) in [6, 6.07) is 0.594. The molecular formula is C13H24N4O2. The molecule has 1 saturated heterocycles. The van der Waals surface area contributed by atoms with Crippen molar-refractivity contribution in [2.45, 2.75) is 32.9 Å². The standard InChI is InChI=1S/C13H24N4O2/c1-4-12-9-16(5-6-17(12)7-8-18-3)10-13-14-11(2)19-15-13/h12H,4-10H2,1-3H3/t12-/m1/s1. The topological polar surface area (TPSA) is 54.6 Å². The van der Waals surface area contributed by atoms with E-state index < -0.39 is 0 Å². The molecule has 1 aromatic rings. The molecule has 0 N–H and O–H groups in total. The maximum absolute atomic E-state index is 5.17. The van der Waals surface area contributed by atoms with Crippen molar-refractivity contribution in [1.82, 2.24) is 19.9 Å². The second-order valence-corrected chi connectivity index (χ2v) is 5.06. The Balaban J connectivity index is 1.85. The maximum Gasteiger partial charge on any atom is 0.223 e. The number of ether oxygens (including phenoxy) is 1. The quantitative estimate of drug-likeness (QED) is 0.765. The predicted octanol–water partition coefficient (Wildman–Crippen LogP) is 0.921. The van der Waals surface area contributed by atoms with Crippen LogP contribution in [-0.4, -0.2) is 65.9 Å². The van der Waals surface area contributed by atoms with Crippen LogP contribution in [0, 0.1) is 6.92 Å². The van der Waals surface area contributed by atoms with Crippen LogP contribution in [0.1, 0.15) is 25.1 Å². The second kappa shape index (κ2) is 6.98. The normalized spacial score (nSPS) is 21.9. The molecule has 1 atom stereocenters. The number of aryl methyl sites for hydroxylation is 1. The molecule has 1 aliphatic heterocycles. The van der Waals surface area contributed by atoms with Crippen LogP contribution in [0.4, 0.5) is 0 Å². The molecule has 2 heterocycles. The predicted molar refractivity (Wildman–Crippen MR) is 71.8 cm³/mol. The lowest BCUT2D eigenvalue weighted by molar-refractivity contribution is 0.0452. The van der Waals surface area contributed by atoms with Gasteiger partial charge >= 0.3 is 0 Å². The first-order valence-electron chi connectivity index (χ1n) is 6.97. The zero-order valence-corrected chi connectivity index (χ0v) is 12.1. The zero-order valence-electron chi connectivity index (χ0n) is 12.1. The molecule has 1 fully saturated rings. The highest BCUT2D eigenvalue weighted by atomic mass is 16.5. The molecule has 0 radical (unpaired) electrons. The van der Waals surface area contributed by atoms with Crippen LogP contribution in [0.25, 0.3) is 0 Å². The summed E-state index contributed by atoms with van der Waals surface area (Å²) in [4.78, 5) is 9.19. The minimum Gasteiger partial charge on any atom is -0.383 e. The molecule has 1 aliphatic rings. The Morgan fingerprint density at radius 1 is 1.42 bits per heavy atom. The first kappa shape index (κ1) is 14.4. The van der Waals surface area contributed by atoms with Crippen LogP contribution >= 0.6 is 0 Å². The maximum atomic E-state index is 5.17. The number of nitrogens with zero attached hydrogens (tertiary/aromatic N) is 4. The van der Waals surface area contributed by atoms with Crippen molar-refractivity contribution in [2.24, 2.45) is 0 Å². The Hall–Kier alpha value is -0.980. The molecule has 1 aromatic heterocycles. The first-order valence-corrected chi connectivity index (χ1v) is 6.97. The van der Waals surface area contributed by atoms with Gasteiger partial charge in [0.15, 0.2) is 5.82 Å². The number of hydrogen-bond acceptors (Lipinski definition) is 6. The van der Waals surface area contributed by atoms with Crippen LogP contribution in [0.2, 0.25) is 0 Å². The smallest absolute Gasteiger partial charge is 0.223 e. The summed E-state index contributed by atoms with van der Waals surface area (Å²) in [5.74, 6) is 1.43. The van der Waals surface area contributed by atoms with Crippen molar-refractivity contribution in [3.63, 3.8) is 0 Å². The zero-order chi connectivity index (χ0) is 13.7. The number of piperazine rings is 1. The monoisotopic (exact) mass is 268 g/mol. The number of hydrogen-bond donors (Lipinski definition) is 0. The Bertz CT molecular complexity index is 382. The van der Waals surface area contributed by atoms with Crippen LogP contribution in [0.3, 0.4) is 0 Å². The van der Waals surface area contributed by atoms with Crippen LogP contribution in [0.15, 0.2) is 4.52 Å². The van der Waals surface area contributed by atoms with Gasteiger partial charge in [-0.05, 0) is 6.42 Å². The van der Waals surface area contributed by atoms with Gasteiger partial charge in [-0.1, -0.05) is 12.1 Å². The number of methoxy groups -OCH3 is 1. The van der Waals surface area contributed by atoms with Crippen molar-refractivity contribution in [2.75, 3.05) is 39.9 Å². The second-order valence-electron chi connectivity index (χ2n) is 5.06. The van der Waals surface area contributed by atoms with Gasteiger partial charge in [0.25, 0.3) is 0 Å². The minimum atomic E-state index is 0.594. The van der Waals surface area contributed by atoms with Gasteiger partial charge in [-0.15, -0.1) is 0 Å². The van der Waals surface area contributed by atoms with Gasteiger partial charge < -0.3 is 9.26 Å². The summed E-state index contributed by atoms with van der Waals surface area (Å²) in [6.45, 7) is 9.87. The molecular weight excluding hydrogens is 244 g/mol. The van der Waals surface area contributed by atoms with E-state index in [1.54, 1.807) is 7.11 Å². The van der Waals surface area contributed by atoms with E-state index in [4.69, 9.17) is 9.26 Å². The van der Waals surface area contributed by atoms with Crippen LogP contribution in [-0.2, 0) is 11.3 Å². The van der Waals surface area contributed by atoms with Crippen molar-refractivity contribution in [3.05, 3.63) is 11.7 Å². The lowest BCUT2D eigenvalue weighted by Crippen LogP contribution is -2.53. The summed E-state index contributed by atoms with van der Waals surface area (Å²) < 4.78 is 10.2. The molecule has 0 spiro atoms. The molecule has 0 aliphatic carbocycles. The molecule has 6 nitrogen and oxygen atoms in total. The molecule has 0 unspecified atom stereocenters. The van der Waals surface area contributed by atoms with E-state index in [1.165, 1.54) is 0 Å². The van der Waals surface area contributed by atoms with E-state index in [0.717, 1.165) is 51.6 Å². The van der Waals surface area contributed by atoms with E-state index in [1.807, 2.05) is 6.92 Å². The highest BCUT2D eigenvalue weighted by Crippen LogP contribution is 2.14. The third kappa shape index (κ3) is 3.99. The fourth-order valence-electron chi connectivity index (χ4n) is 2.60. The van der Waals surface area contributed by atoms with E-state index >= 15 is 0 Å². The summed E-state index contributed by atoms with van der Waals surface area (Å²) in [5.41, 5.74) is 0. The van der Waals surface area contributed by atoms with Crippen molar-refractivity contribution < 1.29 is 9.26 Å². The van der Waals surface area contributed by atoms with Gasteiger partial charge in [-0.3, -0.25) is 9.80 Å². The van der Waals surface area contributed by atoms with Crippen molar-refractivity contribution >= 4 is 0 Å². The SMILES string of the molecule is CC[C@@H]1CN(Cc2noc(C)n2)CCN1CCOC. The van der Waals surface area contributed by atoms with Gasteiger partial charge in [-0.2, -0.15) is 4.98 Å². The lowest BCUT2D eigenvalue weighted by Gasteiger charge is -2.40. The Labute approximate surface area is 114 Å². The fourth-order valence-corrected chi connectivity index (χ4v) is 2.60. The molecule has 2 rings (SSSR count). The average molecular weight is 268 g/mol. The van der Waals surface area contributed by atoms with E-state index in [2.05, 4.69) is 26.9 Å². The third-order valence-electron chi connectivity index (χ3n) is 3.68. The molecule has 0 aromatic carbocycles. The summed E-state index contributed by atoms with van der Waals surface area (Å²) in [7, 11) is 1.76. The minimum absolute atomic E-state index is 0.594. The lowest BCUT2D eigenvalue weighted by atomic mass is 10.1. The molecule has 108 valence electrons. The van der Waals surface area contributed by atoms with E-state index in [9.17, 15) is 0 Å². The average Bonchev–Trinajstić information content (AvgIpc) is 2.82. The highest BCUT2D eigenvalue weighted by molar-refractivity contribution is 4.88. The Morgan fingerprint density at radius 3 is 2.89 bits per heavy atom. The van der Waals surface area contributed by atoms with Gasteiger partial charge in [0.05, 0.1) is 13.2 Å². The van der Waals surface area contributed by atoms with Gasteiger partial charge in [0.1, 0.15) is 0 Å². The number of aromatic nitrogens is 2. The largest absolute Gasteiger partial charge is 0.383 e. The Kier molecular flexibility index (Phi) is 5.30. The summed E-state index contributed by atoms with van der Waals surface area (Å²) >= 11 is 0. The van der Waals surface area contributed by atoms with Crippen LogP contribution < -0.4 is 0 Å². The fraction of sp³-hybridized carbons (Fsp3) is 0.846. The highest BCUT2D eigenvalue weighted by Gasteiger charge is 2.26. The summed E-state index contributed by atoms with van der Waals surface area (Å²) in [5, 5.41) is 3.97. The van der Waals surface area contributed by atoms with Crippen molar-refractivity contribution in [1.29, 1.82) is 0 Å². The summed E-state index contributed by atoms with van der Waals surface area (Å²) in [6.07, 6.45) is 1.16. The molecule has 0 saturated carbocycles. The molecule has 6 heteroatoms. The first-order chi connectivity index (χ1) is 9.22.